The standard InChI is InChI=1S/C10H14N2O3S/c1-7-6-8(13)12-10(11-7)16-5-3-4-9(14)15-2/h6H,3-5H2,1-2H3,(H,11,12,13). The van der Waals surface area contributed by atoms with Gasteiger partial charge in [0.2, 0.25) is 0 Å². The first-order chi connectivity index (χ1) is 7.61. The van der Waals surface area contributed by atoms with Crippen molar-refractivity contribution in [3.05, 3.63) is 22.1 Å². The van der Waals surface area contributed by atoms with E-state index in [0.717, 1.165) is 5.75 Å². The quantitative estimate of drug-likeness (QED) is 0.362. The Morgan fingerprint density at radius 1 is 1.62 bits per heavy atom. The van der Waals surface area contributed by atoms with Gasteiger partial charge in [-0.1, -0.05) is 11.8 Å². The number of methoxy groups -OCH3 is 1. The lowest BCUT2D eigenvalue weighted by molar-refractivity contribution is -0.140. The molecule has 0 aliphatic rings. The van der Waals surface area contributed by atoms with Crippen LogP contribution in [0.15, 0.2) is 16.0 Å². The molecule has 0 saturated heterocycles. The lowest BCUT2D eigenvalue weighted by Gasteiger charge is -2.01. The Morgan fingerprint density at radius 3 is 3.00 bits per heavy atom. The second kappa shape index (κ2) is 6.32. The van der Waals surface area contributed by atoms with E-state index in [9.17, 15) is 9.59 Å². The molecule has 16 heavy (non-hydrogen) atoms. The molecule has 5 nitrogen and oxygen atoms in total. The van der Waals surface area contributed by atoms with Gasteiger partial charge in [-0.25, -0.2) is 4.98 Å². The Morgan fingerprint density at radius 2 is 2.38 bits per heavy atom. The molecule has 0 fully saturated rings. The molecule has 0 aliphatic heterocycles. The molecular formula is C10H14N2O3S. The van der Waals surface area contributed by atoms with Gasteiger partial charge >= 0.3 is 5.97 Å². The summed E-state index contributed by atoms with van der Waals surface area (Å²) in [7, 11) is 1.37. The largest absolute Gasteiger partial charge is 0.469 e. The SMILES string of the molecule is COC(=O)CCCSc1nc(C)cc(=O)[nH]1. The number of H-pyrrole nitrogens is 1. The van der Waals surface area contributed by atoms with Crippen molar-refractivity contribution < 1.29 is 9.53 Å². The summed E-state index contributed by atoms with van der Waals surface area (Å²) in [6.45, 7) is 1.77. The summed E-state index contributed by atoms with van der Waals surface area (Å²) in [5.41, 5.74) is 0.544. The van der Waals surface area contributed by atoms with Gasteiger partial charge in [-0.2, -0.15) is 0 Å². The molecule has 88 valence electrons. The number of hydrogen-bond donors (Lipinski definition) is 1. The third-order valence-electron chi connectivity index (χ3n) is 1.84. The summed E-state index contributed by atoms with van der Waals surface area (Å²) in [4.78, 5) is 28.7. The first-order valence-electron chi connectivity index (χ1n) is 4.89. The minimum Gasteiger partial charge on any atom is -0.469 e. The topological polar surface area (TPSA) is 72.0 Å². The fraction of sp³-hybridized carbons (Fsp3) is 0.500. The Kier molecular flexibility index (Phi) is 5.04. The average Bonchev–Trinajstić information content (AvgIpc) is 2.22. The zero-order valence-corrected chi connectivity index (χ0v) is 10.1. The van der Waals surface area contributed by atoms with Crippen LogP contribution in [0.5, 0.6) is 0 Å². The molecule has 0 atom stereocenters. The summed E-state index contributed by atoms with van der Waals surface area (Å²) >= 11 is 1.43. The molecule has 0 bridgehead atoms. The molecule has 0 radical (unpaired) electrons. The van der Waals surface area contributed by atoms with E-state index in [4.69, 9.17) is 0 Å². The predicted octanol–water partition coefficient (Wildman–Crippen LogP) is 1.12. The molecule has 0 saturated carbocycles. The van der Waals surface area contributed by atoms with Crippen molar-refractivity contribution in [2.75, 3.05) is 12.9 Å². The van der Waals surface area contributed by atoms with Crippen LogP contribution in [0.3, 0.4) is 0 Å². The van der Waals surface area contributed by atoms with Crippen LogP contribution in [0, 0.1) is 6.92 Å². The zero-order chi connectivity index (χ0) is 12.0. The van der Waals surface area contributed by atoms with Crippen molar-refractivity contribution in [2.45, 2.75) is 24.9 Å². The number of thioether (sulfide) groups is 1. The number of rotatable bonds is 5. The van der Waals surface area contributed by atoms with Gasteiger partial charge in [0.05, 0.1) is 7.11 Å². The number of nitrogens with one attached hydrogen (secondary N) is 1. The average molecular weight is 242 g/mol. The summed E-state index contributed by atoms with van der Waals surface area (Å²) in [5.74, 6) is 0.507. The normalized spacial score (nSPS) is 10.1. The Labute approximate surface area is 97.6 Å². The van der Waals surface area contributed by atoms with E-state index in [1.54, 1.807) is 6.92 Å². The van der Waals surface area contributed by atoms with E-state index in [1.165, 1.54) is 24.9 Å². The molecule has 0 amide bonds. The van der Waals surface area contributed by atoms with E-state index in [-0.39, 0.29) is 11.5 Å². The molecule has 1 rings (SSSR count). The van der Waals surface area contributed by atoms with Gasteiger partial charge in [0.25, 0.3) is 5.56 Å². The number of ether oxygens (including phenoxy) is 1. The molecular weight excluding hydrogens is 228 g/mol. The van der Waals surface area contributed by atoms with Crippen molar-refractivity contribution in [1.29, 1.82) is 0 Å². The van der Waals surface area contributed by atoms with Gasteiger partial charge in [-0.05, 0) is 13.3 Å². The summed E-state index contributed by atoms with van der Waals surface area (Å²) in [5, 5.41) is 0.592. The second-order valence-corrected chi connectivity index (χ2v) is 4.30. The fourth-order valence-corrected chi connectivity index (χ4v) is 1.97. The monoisotopic (exact) mass is 242 g/mol. The first kappa shape index (κ1) is 12.8. The van der Waals surface area contributed by atoms with Crippen molar-refractivity contribution in [1.82, 2.24) is 9.97 Å². The van der Waals surface area contributed by atoms with Crippen LogP contribution in [0.25, 0.3) is 0 Å². The van der Waals surface area contributed by atoms with E-state index in [2.05, 4.69) is 14.7 Å². The Bertz CT molecular complexity index is 417. The maximum absolute atomic E-state index is 11.1. The van der Waals surface area contributed by atoms with Gasteiger partial charge in [0.1, 0.15) is 0 Å². The van der Waals surface area contributed by atoms with Crippen molar-refractivity contribution >= 4 is 17.7 Å². The summed E-state index contributed by atoms with van der Waals surface area (Å²) in [6.07, 6.45) is 1.09. The molecule has 0 unspecified atom stereocenters. The van der Waals surface area contributed by atoms with Crippen LogP contribution in [0.2, 0.25) is 0 Å². The lowest BCUT2D eigenvalue weighted by atomic mass is 10.3. The number of nitrogens with zero attached hydrogens (tertiary/aromatic N) is 1. The molecule has 1 aromatic rings. The van der Waals surface area contributed by atoms with Crippen molar-refractivity contribution in [2.24, 2.45) is 0 Å². The highest BCUT2D eigenvalue weighted by Crippen LogP contribution is 2.13. The van der Waals surface area contributed by atoms with E-state index >= 15 is 0 Å². The second-order valence-electron chi connectivity index (χ2n) is 3.22. The van der Waals surface area contributed by atoms with Gasteiger partial charge in [-0.3, -0.25) is 9.59 Å². The van der Waals surface area contributed by atoms with E-state index in [1.807, 2.05) is 0 Å². The number of hydrogen-bond acceptors (Lipinski definition) is 5. The number of carbonyl (C=O) groups is 1. The van der Waals surface area contributed by atoms with Crippen LogP contribution in [-0.4, -0.2) is 28.8 Å². The van der Waals surface area contributed by atoms with E-state index < -0.39 is 0 Å². The Hall–Kier alpha value is -1.30. The minimum atomic E-state index is -0.216. The number of carbonyl (C=O) groups excluding carboxylic acids is 1. The predicted molar refractivity (Wildman–Crippen MR) is 61.6 cm³/mol. The van der Waals surface area contributed by atoms with E-state index in [0.29, 0.717) is 23.7 Å². The van der Waals surface area contributed by atoms with Crippen LogP contribution in [0.1, 0.15) is 18.5 Å². The third kappa shape index (κ3) is 4.48. The van der Waals surface area contributed by atoms with Crippen molar-refractivity contribution in [3.8, 4) is 0 Å². The number of esters is 1. The first-order valence-corrected chi connectivity index (χ1v) is 5.88. The molecule has 1 heterocycles. The van der Waals surface area contributed by atoms with Crippen molar-refractivity contribution in [3.63, 3.8) is 0 Å². The third-order valence-corrected chi connectivity index (χ3v) is 2.80. The summed E-state index contributed by atoms with van der Waals surface area (Å²) < 4.78 is 4.52. The van der Waals surface area contributed by atoms with Crippen LogP contribution in [0.4, 0.5) is 0 Å². The molecule has 0 aliphatic carbocycles. The van der Waals surface area contributed by atoms with Crippen LogP contribution >= 0.6 is 11.8 Å². The molecule has 0 spiro atoms. The molecule has 0 aromatic carbocycles. The van der Waals surface area contributed by atoms with Gasteiger partial charge in [0, 0.05) is 23.9 Å². The maximum Gasteiger partial charge on any atom is 0.305 e. The number of aromatic nitrogens is 2. The molecule has 6 heteroatoms. The maximum atomic E-state index is 11.1. The highest BCUT2D eigenvalue weighted by molar-refractivity contribution is 7.99. The molecule has 1 aromatic heterocycles. The van der Waals surface area contributed by atoms with Crippen LogP contribution in [-0.2, 0) is 9.53 Å². The zero-order valence-electron chi connectivity index (χ0n) is 9.28. The fourth-order valence-electron chi connectivity index (χ4n) is 1.11. The van der Waals surface area contributed by atoms with Gasteiger partial charge in [0.15, 0.2) is 5.16 Å². The Balaban J connectivity index is 2.37. The van der Waals surface area contributed by atoms with Crippen LogP contribution < -0.4 is 5.56 Å². The number of aryl methyl sites for hydroxylation is 1. The van der Waals surface area contributed by atoms with Gasteiger partial charge < -0.3 is 9.72 Å². The smallest absolute Gasteiger partial charge is 0.305 e. The number of aromatic amines is 1. The molecule has 1 N–H and O–H groups in total. The lowest BCUT2D eigenvalue weighted by Crippen LogP contribution is -2.08. The van der Waals surface area contributed by atoms with Gasteiger partial charge in [-0.15, -0.1) is 0 Å². The highest BCUT2D eigenvalue weighted by Gasteiger charge is 2.02. The minimum absolute atomic E-state index is 0.150. The highest BCUT2D eigenvalue weighted by atomic mass is 32.2. The summed E-state index contributed by atoms with van der Waals surface area (Å²) in [6, 6.07) is 1.44.